The Kier molecular flexibility index (Phi) is 6.56. The molecule has 19 heavy (non-hydrogen) atoms. The van der Waals surface area contributed by atoms with E-state index in [2.05, 4.69) is 61.8 Å². The van der Waals surface area contributed by atoms with Gasteiger partial charge in [-0.25, -0.2) is 0 Å². The van der Waals surface area contributed by atoms with Gasteiger partial charge in [0.15, 0.2) is 0 Å². The summed E-state index contributed by atoms with van der Waals surface area (Å²) in [6, 6.07) is 6.54. The molecule has 0 saturated carbocycles. The van der Waals surface area contributed by atoms with E-state index in [1.807, 2.05) is 4.90 Å². The molecule has 0 heterocycles. The molecule has 0 aliphatic heterocycles. The first-order chi connectivity index (χ1) is 8.95. The number of benzene rings is 1. The van der Waals surface area contributed by atoms with Crippen molar-refractivity contribution in [2.75, 3.05) is 11.9 Å². The molecule has 0 saturated heterocycles. The summed E-state index contributed by atoms with van der Waals surface area (Å²) in [5.41, 5.74) is 3.63. The molecule has 0 N–H and O–H groups in total. The monoisotopic (exact) mass is 325 g/mol. The van der Waals surface area contributed by atoms with Crippen LogP contribution in [0.5, 0.6) is 0 Å². The largest absolute Gasteiger partial charge is 0.340 e. The smallest absolute Gasteiger partial charge is 0.227 e. The average Bonchev–Trinajstić information content (AvgIpc) is 2.34. The van der Waals surface area contributed by atoms with E-state index >= 15 is 0 Å². The maximum Gasteiger partial charge on any atom is 0.227 e. The van der Waals surface area contributed by atoms with Crippen molar-refractivity contribution in [2.24, 2.45) is 0 Å². The lowest BCUT2D eigenvalue weighted by Gasteiger charge is -2.26. The van der Waals surface area contributed by atoms with E-state index in [4.69, 9.17) is 0 Å². The molecular weight excluding hydrogens is 302 g/mol. The summed E-state index contributed by atoms with van der Waals surface area (Å²) in [5, 5.41) is 0.938. The predicted octanol–water partition coefficient (Wildman–Crippen LogP) is 3.87. The number of hydrogen-bond donors (Lipinski definition) is 0. The number of carbonyl (C=O) groups excluding carboxylic acids is 1. The van der Waals surface area contributed by atoms with Gasteiger partial charge < -0.3 is 4.90 Å². The number of aryl methyl sites for hydroxylation is 2. The third-order valence-corrected chi connectivity index (χ3v) is 3.96. The molecule has 0 bridgehead atoms. The molecule has 0 fully saturated rings. The quantitative estimate of drug-likeness (QED) is 0.727. The molecule has 3 heteroatoms. The van der Waals surface area contributed by atoms with Gasteiger partial charge in [0.1, 0.15) is 0 Å². The van der Waals surface area contributed by atoms with E-state index in [9.17, 15) is 4.79 Å². The molecule has 1 aromatic carbocycles. The van der Waals surface area contributed by atoms with Crippen LogP contribution in [0.15, 0.2) is 18.2 Å². The van der Waals surface area contributed by atoms with Crippen molar-refractivity contribution in [3.8, 4) is 0 Å². The van der Waals surface area contributed by atoms with Gasteiger partial charge in [0.25, 0.3) is 0 Å². The van der Waals surface area contributed by atoms with Crippen molar-refractivity contribution in [3.63, 3.8) is 0 Å². The van der Waals surface area contributed by atoms with Crippen LogP contribution in [0, 0.1) is 13.8 Å². The van der Waals surface area contributed by atoms with E-state index in [1.54, 1.807) is 0 Å². The minimum absolute atomic E-state index is 0.221. The second-order valence-electron chi connectivity index (χ2n) is 5.32. The number of carbonyl (C=O) groups is 1. The van der Waals surface area contributed by atoms with Crippen molar-refractivity contribution in [2.45, 2.75) is 46.6 Å². The van der Waals surface area contributed by atoms with E-state index in [1.165, 1.54) is 11.1 Å². The first-order valence-corrected chi connectivity index (χ1v) is 7.99. The summed E-state index contributed by atoms with van der Waals surface area (Å²) in [7, 11) is 0. The van der Waals surface area contributed by atoms with E-state index in [-0.39, 0.29) is 11.9 Å². The predicted molar refractivity (Wildman–Crippen MR) is 84.9 cm³/mol. The zero-order valence-corrected chi connectivity index (χ0v) is 14.0. The minimum atomic E-state index is 0.221. The second kappa shape index (κ2) is 7.68. The summed E-state index contributed by atoms with van der Waals surface area (Å²) in [4.78, 5) is 14.3. The molecule has 1 aromatic rings. The Morgan fingerprint density at radius 1 is 1.26 bits per heavy atom. The van der Waals surface area contributed by atoms with Crippen molar-refractivity contribution in [1.82, 2.24) is 4.90 Å². The van der Waals surface area contributed by atoms with Gasteiger partial charge >= 0.3 is 0 Å². The Labute approximate surface area is 125 Å². The second-order valence-corrected chi connectivity index (χ2v) is 6.11. The SMILES string of the molecule is Cc1ccc(CC(=O)N(CCCBr)C(C)C)cc1C. The normalized spacial score (nSPS) is 10.8. The third-order valence-electron chi connectivity index (χ3n) is 3.40. The van der Waals surface area contributed by atoms with Crippen LogP contribution in [0.3, 0.4) is 0 Å². The molecule has 106 valence electrons. The number of alkyl halides is 1. The molecule has 0 aliphatic rings. The molecule has 0 unspecified atom stereocenters. The minimum Gasteiger partial charge on any atom is -0.340 e. The fourth-order valence-corrected chi connectivity index (χ4v) is 2.34. The van der Waals surface area contributed by atoms with Crippen LogP contribution in [0.25, 0.3) is 0 Å². The highest BCUT2D eigenvalue weighted by atomic mass is 79.9. The van der Waals surface area contributed by atoms with E-state index in [0.29, 0.717) is 6.42 Å². The fraction of sp³-hybridized carbons (Fsp3) is 0.562. The van der Waals surface area contributed by atoms with Gasteiger partial charge in [-0.2, -0.15) is 0 Å². The van der Waals surface area contributed by atoms with Crippen LogP contribution in [-0.4, -0.2) is 28.7 Å². The molecule has 0 atom stereocenters. The molecule has 0 aliphatic carbocycles. The summed E-state index contributed by atoms with van der Waals surface area (Å²) in [5.74, 6) is 0.221. The zero-order chi connectivity index (χ0) is 14.4. The topological polar surface area (TPSA) is 20.3 Å². The van der Waals surface area contributed by atoms with Gasteiger partial charge in [0.2, 0.25) is 5.91 Å². The van der Waals surface area contributed by atoms with Crippen LogP contribution in [0.4, 0.5) is 0 Å². The van der Waals surface area contributed by atoms with Crippen molar-refractivity contribution >= 4 is 21.8 Å². The standard InChI is InChI=1S/C16H24BrNO/c1-12(2)18(9-5-8-17)16(19)11-15-7-6-13(3)14(4)10-15/h6-7,10,12H,5,8-9,11H2,1-4H3. The molecular formula is C16H24BrNO. The third kappa shape index (κ3) is 4.98. The number of halogens is 1. The fourth-order valence-electron chi connectivity index (χ4n) is 2.09. The van der Waals surface area contributed by atoms with Crippen molar-refractivity contribution in [3.05, 3.63) is 34.9 Å². The van der Waals surface area contributed by atoms with Crippen LogP contribution >= 0.6 is 15.9 Å². The van der Waals surface area contributed by atoms with E-state index in [0.717, 1.165) is 23.9 Å². The Bertz CT molecular complexity index is 429. The number of rotatable bonds is 6. The highest BCUT2D eigenvalue weighted by Crippen LogP contribution is 2.12. The summed E-state index contributed by atoms with van der Waals surface area (Å²) < 4.78 is 0. The zero-order valence-electron chi connectivity index (χ0n) is 12.4. The summed E-state index contributed by atoms with van der Waals surface area (Å²) >= 11 is 3.42. The van der Waals surface area contributed by atoms with Gasteiger partial charge in [-0.3, -0.25) is 4.79 Å². The Balaban J connectivity index is 2.72. The van der Waals surface area contributed by atoms with E-state index < -0.39 is 0 Å². The average molecular weight is 326 g/mol. The highest BCUT2D eigenvalue weighted by molar-refractivity contribution is 9.09. The lowest BCUT2D eigenvalue weighted by atomic mass is 10.0. The highest BCUT2D eigenvalue weighted by Gasteiger charge is 2.16. The lowest BCUT2D eigenvalue weighted by molar-refractivity contribution is -0.132. The number of hydrogen-bond acceptors (Lipinski definition) is 1. The Morgan fingerprint density at radius 2 is 1.95 bits per heavy atom. The van der Waals surface area contributed by atoms with Crippen LogP contribution in [0.2, 0.25) is 0 Å². The van der Waals surface area contributed by atoms with Gasteiger partial charge in [0.05, 0.1) is 6.42 Å². The first kappa shape index (κ1) is 16.2. The molecule has 0 aromatic heterocycles. The first-order valence-electron chi connectivity index (χ1n) is 6.87. The molecule has 0 radical (unpaired) electrons. The number of amides is 1. The van der Waals surface area contributed by atoms with Gasteiger partial charge in [-0.05, 0) is 50.8 Å². The molecule has 1 amide bonds. The molecule has 0 spiro atoms. The van der Waals surface area contributed by atoms with Crippen LogP contribution < -0.4 is 0 Å². The van der Waals surface area contributed by atoms with Crippen LogP contribution in [0.1, 0.15) is 37.0 Å². The maximum atomic E-state index is 12.4. The number of nitrogens with zero attached hydrogens (tertiary/aromatic N) is 1. The summed E-state index contributed by atoms with van der Waals surface area (Å²) in [6.07, 6.45) is 1.50. The molecule has 1 rings (SSSR count). The van der Waals surface area contributed by atoms with Crippen molar-refractivity contribution in [1.29, 1.82) is 0 Å². The van der Waals surface area contributed by atoms with Gasteiger partial charge in [-0.15, -0.1) is 0 Å². The Hall–Kier alpha value is -0.830. The maximum absolute atomic E-state index is 12.4. The van der Waals surface area contributed by atoms with Gasteiger partial charge in [-0.1, -0.05) is 34.1 Å². The van der Waals surface area contributed by atoms with Gasteiger partial charge in [0, 0.05) is 17.9 Å². The summed E-state index contributed by atoms with van der Waals surface area (Å²) in [6.45, 7) is 9.16. The van der Waals surface area contributed by atoms with Crippen LogP contribution in [-0.2, 0) is 11.2 Å². The Morgan fingerprint density at radius 3 is 2.47 bits per heavy atom. The lowest BCUT2D eigenvalue weighted by Crippen LogP contribution is -2.38. The van der Waals surface area contributed by atoms with Crippen molar-refractivity contribution < 1.29 is 4.79 Å². The molecule has 2 nitrogen and oxygen atoms in total.